The lowest BCUT2D eigenvalue weighted by atomic mass is 9.83. The number of piperidine rings is 1. The Morgan fingerprint density at radius 3 is 2.61 bits per heavy atom. The third-order valence-electron chi connectivity index (χ3n) is 6.55. The summed E-state index contributed by atoms with van der Waals surface area (Å²) in [5.41, 5.74) is 0.639. The lowest BCUT2D eigenvalue weighted by molar-refractivity contribution is -0.127. The molecule has 2 aliphatic rings. The second kappa shape index (κ2) is 8.68. The van der Waals surface area contributed by atoms with Crippen molar-refractivity contribution in [3.05, 3.63) is 64.4 Å². The van der Waals surface area contributed by atoms with E-state index in [1.54, 1.807) is 18.2 Å². The van der Waals surface area contributed by atoms with Gasteiger partial charge in [-0.15, -0.1) is 0 Å². The van der Waals surface area contributed by atoms with Crippen molar-refractivity contribution in [3.63, 3.8) is 0 Å². The van der Waals surface area contributed by atoms with Crippen molar-refractivity contribution in [1.82, 2.24) is 20.4 Å². The third-order valence-corrected chi connectivity index (χ3v) is 7.08. The molecule has 0 saturated carbocycles. The average molecular weight is 490 g/mol. The summed E-state index contributed by atoms with van der Waals surface area (Å²) in [6.45, 7) is 4.24. The summed E-state index contributed by atoms with van der Waals surface area (Å²) in [6.07, 6.45) is 1.31. The van der Waals surface area contributed by atoms with Gasteiger partial charge in [-0.3, -0.25) is 14.1 Å². The number of benzene rings is 2. The normalized spacial score (nSPS) is 23.4. The van der Waals surface area contributed by atoms with Crippen molar-refractivity contribution in [2.75, 3.05) is 26.3 Å². The average Bonchev–Trinajstić information content (AvgIpc) is 3.01. The highest BCUT2D eigenvalue weighted by molar-refractivity contribution is 9.10. The van der Waals surface area contributed by atoms with E-state index in [1.807, 2.05) is 25.1 Å². The van der Waals surface area contributed by atoms with E-state index in [0.29, 0.717) is 31.6 Å². The van der Waals surface area contributed by atoms with E-state index in [9.17, 15) is 14.0 Å². The minimum Gasteiger partial charge on any atom is -0.344 e. The summed E-state index contributed by atoms with van der Waals surface area (Å²) < 4.78 is 15.4. The Hall–Kier alpha value is -2.29. The van der Waals surface area contributed by atoms with Crippen LogP contribution in [0.25, 0.3) is 0 Å². The van der Waals surface area contributed by atoms with Crippen LogP contribution in [0.5, 0.6) is 0 Å². The predicted octanol–water partition coefficient (Wildman–Crippen LogP) is 2.92. The zero-order chi connectivity index (χ0) is 22.1. The number of hydrogen-bond acceptors (Lipinski definition) is 3. The predicted molar refractivity (Wildman–Crippen MR) is 122 cm³/mol. The number of amides is 2. The van der Waals surface area contributed by atoms with Gasteiger partial charge in [0.1, 0.15) is 18.0 Å². The van der Waals surface area contributed by atoms with Crippen LogP contribution in [0.2, 0.25) is 0 Å². The molecule has 0 aliphatic carbocycles. The Labute approximate surface area is 189 Å². The number of rotatable bonds is 5. The largest absolute Gasteiger partial charge is 0.344 e. The van der Waals surface area contributed by atoms with Gasteiger partial charge in [0.05, 0.1) is 6.04 Å². The number of carbonyl (C=O) groups excluding carboxylic acids is 2. The molecular weight excluding hydrogens is 463 g/mol. The molecule has 2 amide bonds. The van der Waals surface area contributed by atoms with Gasteiger partial charge >= 0.3 is 0 Å². The Morgan fingerprint density at radius 1 is 1.23 bits per heavy atom. The molecule has 2 atom stereocenters. The molecule has 2 aromatic carbocycles. The molecule has 0 bridgehead atoms. The Balaban J connectivity index is 1.66. The monoisotopic (exact) mass is 489 g/mol. The fraction of sp³-hybridized carbons (Fsp3) is 0.391. The minimum atomic E-state index is -0.685. The summed E-state index contributed by atoms with van der Waals surface area (Å²) in [4.78, 5) is 25.9. The number of quaternary nitrogens is 1. The number of nitrogens with zero attached hydrogens (tertiary/aromatic N) is 1. The molecule has 0 radical (unpaired) electrons. The van der Waals surface area contributed by atoms with Crippen LogP contribution in [0.1, 0.15) is 30.1 Å². The first-order chi connectivity index (χ1) is 14.9. The first-order valence-corrected chi connectivity index (χ1v) is 11.3. The quantitative estimate of drug-likeness (QED) is 0.565. The Morgan fingerprint density at radius 2 is 1.94 bits per heavy atom. The van der Waals surface area contributed by atoms with Gasteiger partial charge in [0.25, 0.3) is 11.8 Å². The van der Waals surface area contributed by atoms with Crippen LogP contribution in [0.4, 0.5) is 10.1 Å². The van der Waals surface area contributed by atoms with Gasteiger partial charge in [0.2, 0.25) is 0 Å². The number of halogens is 2. The molecule has 1 spiro atoms. The zero-order valence-corrected chi connectivity index (χ0v) is 19.0. The van der Waals surface area contributed by atoms with Gasteiger partial charge in [-0.2, -0.15) is 0 Å². The third kappa shape index (κ3) is 4.00. The van der Waals surface area contributed by atoms with Gasteiger partial charge in [-0.05, 0) is 43.3 Å². The smallest absolute Gasteiger partial charge is 0.286 e. The molecule has 0 aromatic heterocycles. The number of nitrogens with one attached hydrogen (secondary N) is 3. The van der Waals surface area contributed by atoms with Gasteiger partial charge in [-0.25, -0.2) is 4.39 Å². The van der Waals surface area contributed by atoms with E-state index < -0.39 is 5.54 Å². The van der Waals surface area contributed by atoms with E-state index in [0.717, 1.165) is 23.2 Å². The van der Waals surface area contributed by atoms with Crippen molar-refractivity contribution in [2.24, 2.45) is 0 Å². The number of hydrogen-bond donors (Lipinski definition) is 3. The molecule has 8 heteroatoms. The van der Waals surface area contributed by atoms with E-state index >= 15 is 0 Å². The zero-order valence-electron chi connectivity index (χ0n) is 17.5. The van der Waals surface area contributed by atoms with Crippen LogP contribution in [-0.2, 0) is 4.79 Å². The maximum Gasteiger partial charge on any atom is 0.286 e. The standard InChI is InChI=1S/C23H26BrFN4O2/c1-16(28-21(30)17-5-7-18(24)8-6-17)14-29(20-4-2-3-19(25)13-20)15-27-22(31)23(29)9-11-26-12-10-23/h2-8,13,16,26H,9-12,14-15H2,1H3,(H-,27,28,30,31)/p+1/t16?,29-/m0/s1. The molecule has 3 N–H and O–H groups in total. The van der Waals surface area contributed by atoms with Crippen LogP contribution >= 0.6 is 15.9 Å². The maximum absolute atomic E-state index is 14.2. The van der Waals surface area contributed by atoms with Crippen LogP contribution in [-0.4, -0.2) is 49.7 Å². The Kier molecular flexibility index (Phi) is 6.14. The fourth-order valence-electron chi connectivity index (χ4n) is 5.06. The summed E-state index contributed by atoms with van der Waals surface area (Å²) in [6, 6.07) is 13.5. The summed E-state index contributed by atoms with van der Waals surface area (Å²) in [7, 11) is 0. The molecule has 1 unspecified atom stereocenters. The van der Waals surface area contributed by atoms with Gasteiger partial charge in [0, 0.05) is 42.0 Å². The van der Waals surface area contributed by atoms with Crippen LogP contribution < -0.4 is 20.4 Å². The van der Waals surface area contributed by atoms with Crippen LogP contribution in [0.3, 0.4) is 0 Å². The number of carbonyl (C=O) groups is 2. The SMILES string of the molecule is CC(C[N@@+]1(c2cccc(F)c2)CNC(=O)C12CCNCC2)NC(=O)c1ccc(Br)cc1. The van der Waals surface area contributed by atoms with E-state index in [1.165, 1.54) is 12.1 Å². The molecule has 2 aromatic rings. The first kappa shape index (κ1) is 21.9. The highest BCUT2D eigenvalue weighted by Gasteiger charge is 2.62. The molecule has 2 fully saturated rings. The maximum atomic E-state index is 14.2. The fourth-order valence-corrected chi connectivity index (χ4v) is 5.32. The second-order valence-corrected chi connectivity index (χ2v) is 9.37. The van der Waals surface area contributed by atoms with Crippen molar-refractivity contribution >= 4 is 33.4 Å². The van der Waals surface area contributed by atoms with Gasteiger partial charge < -0.3 is 16.0 Å². The van der Waals surface area contributed by atoms with E-state index in [2.05, 4.69) is 31.9 Å². The molecule has 4 rings (SSSR count). The molecular formula is C23H27BrFN4O2+. The van der Waals surface area contributed by atoms with Crippen LogP contribution in [0, 0.1) is 5.82 Å². The molecule has 2 saturated heterocycles. The molecule has 31 heavy (non-hydrogen) atoms. The van der Waals surface area contributed by atoms with Gasteiger partial charge in [-0.1, -0.05) is 22.0 Å². The second-order valence-electron chi connectivity index (χ2n) is 8.46. The van der Waals surface area contributed by atoms with E-state index in [4.69, 9.17) is 0 Å². The lowest BCUT2D eigenvalue weighted by Gasteiger charge is -2.48. The highest BCUT2D eigenvalue weighted by Crippen LogP contribution is 2.42. The molecule has 2 aliphatic heterocycles. The summed E-state index contributed by atoms with van der Waals surface area (Å²) in [5.74, 6) is -0.495. The van der Waals surface area contributed by atoms with Gasteiger partial charge in [0.15, 0.2) is 12.2 Å². The first-order valence-electron chi connectivity index (χ1n) is 10.6. The summed E-state index contributed by atoms with van der Waals surface area (Å²) >= 11 is 3.38. The summed E-state index contributed by atoms with van der Waals surface area (Å²) in [5, 5.41) is 9.45. The lowest BCUT2D eigenvalue weighted by Crippen LogP contribution is -2.70. The minimum absolute atomic E-state index is 0.00435. The van der Waals surface area contributed by atoms with E-state index in [-0.39, 0.29) is 28.2 Å². The topological polar surface area (TPSA) is 70.2 Å². The highest BCUT2D eigenvalue weighted by atomic mass is 79.9. The molecule has 164 valence electrons. The van der Waals surface area contributed by atoms with Crippen LogP contribution in [0.15, 0.2) is 53.0 Å². The van der Waals surface area contributed by atoms with Crippen molar-refractivity contribution in [3.8, 4) is 0 Å². The Bertz CT molecular complexity index is 978. The molecule has 6 nitrogen and oxygen atoms in total. The van der Waals surface area contributed by atoms with Crippen molar-refractivity contribution in [1.29, 1.82) is 0 Å². The van der Waals surface area contributed by atoms with Crippen molar-refractivity contribution < 1.29 is 14.0 Å². The van der Waals surface area contributed by atoms with Crippen molar-refractivity contribution in [2.45, 2.75) is 31.3 Å². The molecule has 2 heterocycles.